The van der Waals surface area contributed by atoms with E-state index in [9.17, 15) is 4.79 Å². The molecule has 2 aromatic heterocycles. The number of ether oxygens (including phenoxy) is 1. The number of hydrogen-bond acceptors (Lipinski definition) is 5. The average molecular weight is 316 g/mol. The molecular formula is C15H16N4O2S. The lowest BCUT2D eigenvalue weighted by Gasteiger charge is -2.06. The number of rotatable bonds is 6. The highest BCUT2D eigenvalue weighted by atomic mass is 32.1. The molecule has 6 nitrogen and oxygen atoms in total. The van der Waals surface area contributed by atoms with E-state index < -0.39 is 0 Å². The second-order valence-electron chi connectivity index (χ2n) is 4.84. The summed E-state index contributed by atoms with van der Waals surface area (Å²) in [6, 6.07) is 7.52. The number of aromatic nitrogens is 3. The van der Waals surface area contributed by atoms with Gasteiger partial charge < -0.3 is 10.1 Å². The summed E-state index contributed by atoms with van der Waals surface area (Å²) in [5, 5.41) is 12.8. The first-order chi connectivity index (χ1) is 10.8. The lowest BCUT2D eigenvalue weighted by atomic mass is 10.1. The number of fused-ring (bicyclic) bond motifs is 1. The van der Waals surface area contributed by atoms with Gasteiger partial charge in [-0.15, -0.1) is 21.5 Å². The van der Waals surface area contributed by atoms with Crippen LogP contribution in [0.5, 0.6) is 5.75 Å². The van der Waals surface area contributed by atoms with Crippen molar-refractivity contribution < 1.29 is 9.53 Å². The lowest BCUT2D eigenvalue weighted by molar-refractivity contribution is -0.120. The zero-order chi connectivity index (χ0) is 15.4. The van der Waals surface area contributed by atoms with E-state index in [4.69, 9.17) is 4.74 Å². The third-order valence-electron chi connectivity index (χ3n) is 3.35. The highest BCUT2D eigenvalue weighted by Crippen LogP contribution is 2.14. The van der Waals surface area contributed by atoms with Gasteiger partial charge in [-0.25, -0.2) is 0 Å². The molecule has 0 fully saturated rings. The van der Waals surface area contributed by atoms with Crippen molar-refractivity contribution in [2.24, 2.45) is 0 Å². The summed E-state index contributed by atoms with van der Waals surface area (Å²) in [4.78, 5) is 12.8. The summed E-state index contributed by atoms with van der Waals surface area (Å²) in [5.74, 6) is 0.806. The van der Waals surface area contributed by atoms with Crippen molar-refractivity contribution in [3.05, 3.63) is 47.2 Å². The van der Waals surface area contributed by atoms with Crippen molar-refractivity contribution in [3.8, 4) is 5.75 Å². The predicted molar refractivity (Wildman–Crippen MR) is 84.3 cm³/mol. The number of hydrogen-bond donors (Lipinski definition) is 1. The Hall–Kier alpha value is -2.41. The molecule has 0 saturated carbocycles. The van der Waals surface area contributed by atoms with Gasteiger partial charge in [-0.3, -0.25) is 9.20 Å². The number of carbonyl (C=O) groups is 1. The highest BCUT2D eigenvalue weighted by Gasteiger charge is 2.07. The van der Waals surface area contributed by atoms with E-state index in [0.29, 0.717) is 13.0 Å². The molecule has 114 valence electrons. The Bertz CT molecular complexity index is 763. The summed E-state index contributed by atoms with van der Waals surface area (Å²) in [7, 11) is 1.62. The average Bonchev–Trinajstić information content (AvgIpc) is 3.13. The van der Waals surface area contributed by atoms with Crippen LogP contribution in [-0.4, -0.2) is 34.2 Å². The molecule has 3 rings (SSSR count). The van der Waals surface area contributed by atoms with Gasteiger partial charge in [0.25, 0.3) is 0 Å². The summed E-state index contributed by atoms with van der Waals surface area (Å²) >= 11 is 1.55. The van der Waals surface area contributed by atoms with Gasteiger partial charge in [-0.1, -0.05) is 12.1 Å². The van der Waals surface area contributed by atoms with E-state index in [1.165, 1.54) is 0 Å². The fraction of sp³-hybridized carbons (Fsp3) is 0.267. The minimum atomic E-state index is 0.0143. The molecule has 1 aromatic carbocycles. The minimum absolute atomic E-state index is 0.0143. The number of amides is 1. The van der Waals surface area contributed by atoms with Crippen molar-refractivity contribution in [2.45, 2.75) is 12.8 Å². The van der Waals surface area contributed by atoms with Gasteiger partial charge in [0.2, 0.25) is 10.9 Å². The first-order valence-corrected chi connectivity index (χ1v) is 7.80. The Labute approximate surface area is 131 Å². The molecule has 1 amide bonds. The Morgan fingerprint density at radius 3 is 2.95 bits per heavy atom. The molecule has 3 aromatic rings. The van der Waals surface area contributed by atoms with Crippen LogP contribution >= 0.6 is 11.3 Å². The molecule has 0 unspecified atom stereocenters. The second kappa shape index (κ2) is 6.57. The Morgan fingerprint density at radius 1 is 1.36 bits per heavy atom. The number of nitrogens with zero attached hydrogens (tertiary/aromatic N) is 3. The van der Waals surface area contributed by atoms with Gasteiger partial charge >= 0.3 is 0 Å². The molecule has 0 spiro atoms. The quantitative estimate of drug-likeness (QED) is 0.751. The maximum absolute atomic E-state index is 11.9. The normalized spacial score (nSPS) is 10.8. The molecule has 0 aliphatic carbocycles. The number of thiazole rings is 1. The largest absolute Gasteiger partial charge is 0.497 e. The highest BCUT2D eigenvalue weighted by molar-refractivity contribution is 7.15. The molecule has 0 aliphatic heterocycles. The van der Waals surface area contributed by atoms with E-state index in [1.807, 2.05) is 34.0 Å². The van der Waals surface area contributed by atoms with Crippen LogP contribution in [0.2, 0.25) is 0 Å². The minimum Gasteiger partial charge on any atom is -0.497 e. The summed E-state index contributed by atoms with van der Waals surface area (Å²) < 4.78 is 7.04. The van der Waals surface area contributed by atoms with Crippen LogP contribution in [0, 0.1) is 0 Å². The maximum Gasteiger partial charge on any atom is 0.224 e. The van der Waals surface area contributed by atoms with Crippen LogP contribution in [0.4, 0.5) is 0 Å². The third kappa shape index (κ3) is 3.25. The first-order valence-electron chi connectivity index (χ1n) is 6.92. The van der Waals surface area contributed by atoms with E-state index in [1.54, 1.807) is 24.8 Å². The fourth-order valence-electron chi connectivity index (χ4n) is 2.18. The van der Waals surface area contributed by atoms with Crippen molar-refractivity contribution in [1.29, 1.82) is 0 Å². The molecule has 0 atom stereocenters. The van der Waals surface area contributed by atoms with Crippen molar-refractivity contribution in [3.63, 3.8) is 0 Å². The fourth-order valence-corrected chi connectivity index (χ4v) is 3.03. The number of benzene rings is 1. The lowest BCUT2D eigenvalue weighted by Crippen LogP contribution is -2.27. The molecule has 0 aliphatic rings. The summed E-state index contributed by atoms with van der Waals surface area (Å²) in [6.07, 6.45) is 2.82. The van der Waals surface area contributed by atoms with Crippen LogP contribution in [0.25, 0.3) is 4.96 Å². The van der Waals surface area contributed by atoms with Crippen LogP contribution in [0.1, 0.15) is 11.3 Å². The topological polar surface area (TPSA) is 68.5 Å². The number of carbonyl (C=O) groups excluding carboxylic acids is 1. The molecule has 2 heterocycles. The van der Waals surface area contributed by atoms with Gasteiger partial charge in [-0.2, -0.15) is 0 Å². The third-order valence-corrected chi connectivity index (χ3v) is 4.23. The maximum atomic E-state index is 11.9. The molecule has 0 radical (unpaired) electrons. The summed E-state index contributed by atoms with van der Waals surface area (Å²) in [5.41, 5.74) is 2.07. The molecule has 0 saturated heterocycles. The molecule has 0 bridgehead atoms. The molecule has 1 N–H and O–H groups in total. The Kier molecular flexibility index (Phi) is 4.34. The van der Waals surface area contributed by atoms with E-state index >= 15 is 0 Å². The van der Waals surface area contributed by atoms with Crippen molar-refractivity contribution in [1.82, 2.24) is 19.9 Å². The summed E-state index contributed by atoms with van der Waals surface area (Å²) in [6.45, 7) is 0.596. The number of methoxy groups -OCH3 is 1. The van der Waals surface area contributed by atoms with E-state index in [-0.39, 0.29) is 5.91 Å². The van der Waals surface area contributed by atoms with Gasteiger partial charge in [0.05, 0.1) is 13.5 Å². The van der Waals surface area contributed by atoms with Crippen LogP contribution in [0.3, 0.4) is 0 Å². The number of nitrogens with one attached hydrogen (secondary N) is 1. The SMILES string of the molecule is COc1ccc(CC(=O)NCCc2csc3nncn23)cc1. The van der Waals surface area contributed by atoms with Gasteiger partial charge in [0.15, 0.2) is 0 Å². The van der Waals surface area contributed by atoms with Gasteiger partial charge in [-0.05, 0) is 17.7 Å². The van der Waals surface area contributed by atoms with Crippen molar-refractivity contribution >= 4 is 22.2 Å². The van der Waals surface area contributed by atoms with Crippen LogP contribution in [-0.2, 0) is 17.6 Å². The first kappa shape index (κ1) is 14.5. The van der Waals surface area contributed by atoms with E-state index in [2.05, 4.69) is 15.5 Å². The monoisotopic (exact) mass is 316 g/mol. The molecule has 7 heteroatoms. The van der Waals surface area contributed by atoms with Crippen molar-refractivity contribution in [2.75, 3.05) is 13.7 Å². The van der Waals surface area contributed by atoms with E-state index in [0.717, 1.165) is 28.4 Å². The Balaban J connectivity index is 1.48. The van der Waals surface area contributed by atoms with Crippen LogP contribution < -0.4 is 10.1 Å². The second-order valence-corrected chi connectivity index (χ2v) is 5.67. The molecule has 22 heavy (non-hydrogen) atoms. The van der Waals surface area contributed by atoms with Crippen LogP contribution in [0.15, 0.2) is 36.0 Å². The van der Waals surface area contributed by atoms with Gasteiger partial charge in [0.1, 0.15) is 12.1 Å². The van der Waals surface area contributed by atoms with Gasteiger partial charge in [0, 0.05) is 24.0 Å². The molecular weight excluding hydrogens is 300 g/mol. The Morgan fingerprint density at radius 2 is 2.18 bits per heavy atom. The zero-order valence-electron chi connectivity index (χ0n) is 12.2. The zero-order valence-corrected chi connectivity index (χ0v) is 13.0. The predicted octanol–water partition coefficient (Wildman–Crippen LogP) is 1.70. The standard InChI is InChI=1S/C15H16N4O2S/c1-21-13-4-2-11(3-5-13)8-14(20)16-7-6-12-9-22-15-18-17-10-19(12)15/h2-5,9-10H,6-8H2,1H3,(H,16,20). The smallest absolute Gasteiger partial charge is 0.224 e.